The van der Waals surface area contributed by atoms with Crippen LogP contribution in [0.3, 0.4) is 0 Å². The molecule has 0 bridgehead atoms. The zero-order valence-electron chi connectivity index (χ0n) is 4.16. The van der Waals surface area contributed by atoms with E-state index in [1.54, 1.807) is 10.9 Å². The Balaban J connectivity index is 2.93. The van der Waals surface area contributed by atoms with Crippen LogP contribution < -0.4 is 0 Å². The fraction of sp³-hybridized carbons (Fsp3) is 0. The molecule has 0 aliphatic rings. The highest BCUT2D eigenvalue weighted by Crippen LogP contribution is 2.07. The molecule has 0 atom stereocenters. The summed E-state index contributed by atoms with van der Waals surface area (Å²) in [5.41, 5.74) is 2.21. The van der Waals surface area contributed by atoms with E-state index >= 15 is 0 Å². The molecular formula is C5H5NOS. The zero-order chi connectivity index (χ0) is 5.98. The largest absolute Gasteiger partial charge is 0.506 e. The van der Waals surface area contributed by atoms with E-state index < -0.39 is 0 Å². The molecule has 0 saturated carbocycles. The van der Waals surface area contributed by atoms with E-state index in [-0.39, 0.29) is 5.76 Å². The highest BCUT2D eigenvalue weighted by molar-refractivity contribution is 7.07. The van der Waals surface area contributed by atoms with E-state index in [4.69, 9.17) is 5.11 Å². The third kappa shape index (κ3) is 0.869. The summed E-state index contributed by atoms with van der Waals surface area (Å²) in [6, 6.07) is 0. The van der Waals surface area contributed by atoms with Crippen molar-refractivity contribution in [2.75, 3.05) is 0 Å². The molecule has 1 rings (SSSR count). The van der Waals surface area contributed by atoms with Gasteiger partial charge < -0.3 is 5.11 Å². The van der Waals surface area contributed by atoms with Gasteiger partial charge in [0.2, 0.25) is 0 Å². The Morgan fingerprint density at radius 1 is 1.88 bits per heavy atom. The lowest BCUT2D eigenvalue weighted by Gasteiger charge is -1.84. The minimum Gasteiger partial charge on any atom is -0.506 e. The van der Waals surface area contributed by atoms with E-state index in [2.05, 4.69) is 11.6 Å². The van der Waals surface area contributed by atoms with Gasteiger partial charge in [-0.05, 0) is 0 Å². The molecule has 0 fully saturated rings. The number of aliphatic hydroxyl groups excluding tert-OH is 1. The second-order valence-corrected chi connectivity index (χ2v) is 2.04. The van der Waals surface area contributed by atoms with E-state index in [1.165, 1.54) is 11.3 Å². The molecular weight excluding hydrogens is 122 g/mol. The number of aliphatic hydroxyl groups is 1. The van der Waals surface area contributed by atoms with Gasteiger partial charge in [0.15, 0.2) is 0 Å². The monoisotopic (exact) mass is 127 g/mol. The first-order chi connectivity index (χ1) is 3.80. The highest BCUT2D eigenvalue weighted by Gasteiger charge is 1.93. The maximum atomic E-state index is 8.66. The normalized spacial score (nSPS) is 9.00. The van der Waals surface area contributed by atoms with Crippen molar-refractivity contribution in [1.29, 1.82) is 0 Å². The van der Waals surface area contributed by atoms with Gasteiger partial charge >= 0.3 is 0 Å². The Morgan fingerprint density at radius 3 is 2.88 bits per heavy atom. The first-order valence-electron chi connectivity index (χ1n) is 2.07. The number of thiazole rings is 1. The third-order valence-corrected chi connectivity index (χ3v) is 1.31. The summed E-state index contributed by atoms with van der Waals surface area (Å²) in [5, 5.41) is 10.4. The second-order valence-electron chi connectivity index (χ2n) is 1.32. The summed E-state index contributed by atoms with van der Waals surface area (Å²) in [7, 11) is 0. The molecule has 8 heavy (non-hydrogen) atoms. The van der Waals surface area contributed by atoms with Crippen LogP contribution in [0, 0.1) is 0 Å². The van der Waals surface area contributed by atoms with Gasteiger partial charge in [-0.1, -0.05) is 6.58 Å². The fourth-order valence-corrected chi connectivity index (χ4v) is 0.916. The molecule has 0 aliphatic heterocycles. The second kappa shape index (κ2) is 1.96. The molecule has 0 aliphatic carbocycles. The van der Waals surface area contributed by atoms with Crippen molar-refractivity contribution in [1.82, 2.24) is 4.98 Å². The summed E-state index contributed by atoms with van der Waals surface area (Å²) in [5.74, 6) is 0.0336. The van der Waals surface area contributed by atoms with Gasteiger partial charge in [0.05, 0.1) is 5.51 Å². The topological polar surface area (TPSA) is 33.1 Å². The van der Waals surface area contributed by atoms with Crippen LogP contribution in [-0.2, 0) is 0 Å². The van der Waals surface area contributed by atoms with E-state index in [0.29, 0.717) is 5.69 Å². The smallest absolute Gasteiger partial charge is 0.134 e. The minimum atomic E-state index is 0.0336. The van der Waals surface area contributed by atoms with Crippen LogP contribution in [0.1, 0.15) is 5.69 Å². The van der Waals surface area contributed by atoms with Crippen LogP contribution in [0.15, 0.2) is 17.5 Å². The first kappa shape index (κ1) is 5.31. The van der Waals surface area contributed by atoms with Crippen molar-refractivity contribution in [2.24, 2.45) is 0 Å². The summed E-state index contributed by atoms with van der Waals surface area (Å²) >= 11 is 1.44. The zero-order valence-corrected chi connectivity index (χ0v) is 4.98. The Morgan fingerprint density at radius 2 is 2.62 bits per heavy atom. The molecule has 3 heteroatoms. The fourth-order valence-electron chi connectivity index (χ4n) is 0.355. The molecule has 0 radical (unpaired) electrons. The summed E-state index contributed by atoms with van der Waals surface area (Å²) < 4.78 is 0. The molecule has 0 unspecified atom stereocenters. The predicted molar refractivity (Wildman–Crippen MR) is 33.8 cm³/mol. The lowest BCUT2D eigenvalue weighted by atomic mass is 10.4. The Hall–Kier alpha value is -0.830. The number of rotatable bonds is 1. The lowest BCUT2D eigenvalue weighted by Crippen LogP contribution is -1.76. The molecule has 1 N–H and O–H groups in total. The van der Waals surface area contributed by atoms with Crippen LogP contribution in [0.25, 0.3) is 5.76 Å². The van der Waals surface area contributed by atoms with Gasteiger partial charge in [-0.25, -0.2) is 4.98 Å². The van der Waals surface area contributed by atoms with Crippen LogP contribution >= 0.6 is 11.3 Å². The molecule has 0 saturated heterocycles. The lowest BCUT2D eigenvalue weighted by molar-refractivity contribution is 0.511. The van der Waals surface area contributed by atoms with Crippen LogP contribution in [0.4, 0.5) is 0 Å². The van der Waals surface area contributed by atoms with Gasteiger partial charge in [0, 0.05) is 5.38 Å². The van der Waals surface area contributed by atoms with Crippen LogP contribution in [-0.4, -0.2) is 10.1 Å². The minimum absolute atomic E-state index is 0.0336. The molecule has 1 aromatic rings. The Bertz CT molecular complexity index is 180. The van der Waals surface area contributed by atoms with Gasteiger partial charge in [-0.3, -0.25) is 0 Å². The van der Waals surface area contributed by atoms with Crippen molar-refractivity contribution >= 4 is 17.1 Å². The number of aromatic nitrogens is 1. The SMILES string of the molecule is C=C(O)c1cscn1. The number of nitrogens with zero attached hydrogens (tertiary/aromatic N) is 1. The third-order valence-electron chi connectivity index (χ3n) is 0.728. The van der Waals surface area contributed by atoms with E-state index in [9.17, 15) is 0 Å². The van der Waals surface area contributed by atoms with Crippen molar-refractivity contribution in [3.8, 4) is 0 Å². The maximum Gasteiger partial charge on any atom is 0.134 e. The summed E-state index contributed by atoms with van der Waals surface area (Å²) in [6.45, 7) is 3.30. The van der Waals surface area contributed by atoms with Gasteiger partial charge in [-0.15, -0.1) is 11.3 Å². The van der Waals surface area contributed by atoms with Gasteiger partial charge in [0.25, 0.3) is 0 Å². The average molecular weight is 127 g/mol. The number of hydrogen-bond donors (Lipinski definition) is 1. The molecule has 2 nitrogen and oxygen atoms in total. The Labute approximate surface area is 51.1 Å². The molecule has 1 heterocycles. The number of hydrogen-bond acceptors (Lipinski definition) is 3. The average Bonchev–Trinajstić information content (AvgIpc) is 2.12. The molecule has 0 aromatic carbocycles. The Kier molecular flexibility index (Phi) is 1.30. The molecule has 1 aromatic heterocycles. The van der Waals surface area contributed by atoms with Crippen molar-refractivity contribution in [2.45, 2.75) is 0 Å². The summed E-state index contributed by atoms with van der Waals surface area (Å²) in [6.07, 6.45) is 0. The summed E-state index contributed by atoms with van der Waals surface area (Å²) in [4.78, 5) is 3.78. The standard InChI is InChI=1S/C5H5NOS/c1-4(7)5-2-8-3-6-5/h2-3,7H,1H2. The first-order valence-corrected chi connectivity index (χ1v) is 3.01. The molecule has 0 spiro atoms. The quantitative estimate of drug-likeness (QED) is 0.582. The van der Waals surface area contributed by atoms with E-state index in [0.717, 1.165) is 0 Å². The van der Waals surface area contributed by atoms with Crippen molar-refractivity contribution < 1.29 is 5.11 Å². The predicted octanol–water partition coefficient (Wildman–Crippen LogP) is 1.67. The van der Waals surface area contributed by atoms with Crippen LogP contribution in [0.2, 0.25) is 0 Å². The molecule has 0 amide bonds. The van der Waals surface area contributed by atoms with E-state index in [1.807, 2.05) is 0 Å². The molecule has 42 valence electrons. The highest BCUT2D eigenvalue weighted by atomic mass is 32.1. The van der Waals surface area contributed by atoms with Crippen molar-refractivity contribution in [3.05, 3.63) is 23.2 Å². The maximum absolute atomic E-state index is 8.66. The van der Waals surface area contributed by atoms with Crippen LogP contribution in [0.5, 0.6) is 0 Å². The van der Waals surface area contributed by atoms with Crippen molar-refractivity contribution in [3.63, 3.8) is 0 Å². The van der Waals surface area contributed by atoms with Gasteiger partial charge in [0.1, 0.15) is 11.5 Å². The van der Waals surface area contributed by atoms with Gasteiger partial charge in [-0.2, -0.15) is 0 Å².